The Bertz CT molecular complexity index is 766. The van der Waals surface area contributed by atoms with Crippen molar-refractivity contribution in [2.24, 2.45) is 5.92 Å². The van der Waals surface area contributed by atoms with E-state index in [9.17, 15) is 24.0 Å². The van der Waals surface area contributed by atoms with Crippen LogP contribution in [0.3, 0.4) is 0 Å². The molecule has 10 heteroatoms. The molecule has 0 bridgehead atoms. The third-order valence-corrected chi connectivity index (χ3v) is 6.02. The fourth-order valence-corrected chi connectivity index (χ4v) is 3.97. The molecule has 1 aliphatic heterocycles. The quantitative estimate of drug-likeness (QED) is 0.370. The molecule has 0 unspecified atom stereocenters. The van der Waals surface area contributed by atoms with Crippen molar-refractivity contribution in [1.82, 2.24) is 26.2 Å². The zero-order valence-electron chi connectivity index (χ0n) is 21.3. The summed E-state index contributed by atoms with van der Waals surface area (Å²) in [7, 11) is 1.53. The van der Waals surface area contributed by atoms with Crippen LogP contribution in [0.2, 0.25) is 0 Å². The van der Waals surface area contributed by atoms with Crippen LogP contribution in [0.4, 0.5) is 0 Å². The van der Waals surface area contributed by atoms with Crippen molar-refractivity contribution in [2.45, 2.75) is 97.3 Å². The van der Waals surface area contributed by atoms with Gasteiger partial charge in [-0.1, -0.05) is 20.8 Å². The minimum Gasteiger partial charge on any atom is -0.357 e. The summed E-state index contributed by atoms with van der Waals surface area (Å²) in [6.45, 7) is 12.2. The van der Waals surface area contributed by atoms with Crippen molar-refractivity contribution < 1.29 is 24.0 Å². The molecule has 0 saturated carbocycles. The highest BCUT2D eigenvalue weighted by Gasteiger charge is 2.42. The molecule has 3 atom stereocenters. The Morgan fingerprint density at radius 1 is 1.06 bits per heavy atom. The molecule has 10 nitrogen and oxygen atoms in total. The Hall–Kier alpha value is -2.65. The van der Waals surface area contributed by atoms with Crippen molar-refractivity contribution in [2.75, 3.05) is 13.6 Å². The van der Waals surface area contributed by atoms with Gasteiger partial charge in [0.15, 0.2) is 0 Å². The SMILES string of the molecule is CC[C@@](C)(NC(C)=O)C(=O)N[C@@H](CC(C)C)C(=O)NC(C)(C)C(=O)N1CCC[C@H]1C(=O)NC. The minimum atomic E-state index is -1.28. The van der Waals surface area contributed by atoms with Crippen molar-refractivity contribution >= 4 is 29.5 Å². The number of rotatable bonds is 10. The fraction of sp³-hybridized carbons (Fsp3) is 0.783. The fourth-order valence-electron chi connectivity index (χ4n) is 3.97. The zero-order valence-corrected chi connectivity index (χ0v) is 21.3. The summed E-state index contributed by atoms with van der Waals surface area (Å²) >= 11 is 0. The lowest BCUT2D eigenvalue weighted by atomic mass is 9.95. The van der Waals surface area contributed by atoms with E-state index in [1.165, 1.54) is 18.9 Å². The van der Waals surface area contributed by atoms with Gasteiger partial charge in [-0.05, 0) is 52.4 Å². The smallest absolute Gasteiger partial charge is 0.248 e. The first-order chi connectivity index (χ1) is 15.2. The second kappa shape index (κ2) is 11.5. The zero-order chi connectivity index (χ0) is 25.6. The molecule has 1 fully saturated rings. The second-order valence-electron chi connectivity index (χ2n) is 9.91. The maximum absolute atomic E-state index is 13.2. The number of likely N-dealkylation sites (N-methyl/N-ethyl adjacent to an activating group) is 1. The second-order valence-corrected chi connectivity index (χ2v) is 9.91. The molecule has 0 aliphatic carbocycles. The van der Waals surface area contributed by atoms with Crippen LogP contribution in [0, 0.1) is 5.92 Å². The molecule has 188 valence electrons. The number of nitrogens with zero attached hydrogens (tertiary/aromatic N) is 1. The Labute approximate surface area is 197 Å². The summed E-state index contributed by atoms with van der Waals surface area (Å²) in [4.78, 5) is 64.6. The molecule has 0 aromatic heterocycles. The van der Waals surface area contributed by atoms with Crippen LogP contribution < -0.4 is 21.3 Å². The number of likely N-dealkylation sites (tertiary alicyclic amines) is 1. The maximum atomic E-state index is 13.2. The number of amides is 5. The highest BCUT2D eigenvalue weighted by Crippen LogP contribution is 2.22. The van der Waals surface area contributed by atoms with Crippen LogP contribution in [0.1, 0.15) is 74.1 Å². The molecule has 0 aromatic carbocycles. The Kier molecular flexibility index (Phi) is 9.87. The van der Waals surface area contributed by atoms with Gasteiger partial charge in [-0.25, -0.2) is 0 Å². The van der Waals surface area contributed by atoms with Crippen LogP contribution in [-0.4, -0.2) is 71.2 Å². The first-order valence-corrected chi connectivity index (χ1v) is 11.6. The lowest BCUT2D eigenvalue weighted by molar-refractivity contribution is -0.145. The first-order valence-electron chi connectivity index (χ1n) is 11.6. The average Bonchev–Trinajstić information content (AvgIpc) is 3.20. The molecule has 1 saturated heterocycles. The van der Waals surface area contributed by atoms with Crippen molar-refractivity contribution in [1.29, 1.82) is 0 Å². The van der Waals surface area contributed by atoms with E-state index in [4.69, 9.17) is 0 Å². The van der Waals surface area contributed by atoms with Gasteiger partial charge in [0.1, 0.15) is 23.2 Å². The predicted molar refractivity (Wildman–Crippen MR) is 125 cm³/mol. The number of carbonyl (C=O) groups is 5. The Morgan fingerprint density at radius 2 is 1.67 bits per heavy atom. The normalized spacial score (nSPS) is 18.8. The standard InChI is InChI=1S/C23H41N5O5/c1-9-23(7,26-15(4)29)20(32)25-16(13-14(2)3)18(30)27-22(5,6)21(33)28-12-10-11-17(28)19(31)24-8/h14,16-17H,9-13H2,1-8H3,(H,24,31)(H,25,32)(H,26,29)(H,27,30)/t16-,17-,23+/m0/s1. The third kappa shape index (κ3) is 7.43. The van der Waals surface area contributed by atoms with Crippen LogP contribution in [-0.2, 0) is 24.0 Å². The molecular formula is C23H41N5O5. The van der Waals surface area contributed by atoms with Crippen LogP contribution in [0.25, 0.3) is 0 Å². The summed E-state index contributed by atoms with van der Waals surface area (Å²) < 4.78 is 0. The summed E-state index contributed by atoms with van der Waals surface area (Å²) in [5, 5.41) is 10.8. The number of carbonyl (C=O) groups excluding carboxylic acids is 5. The summed E-state index contributed by atoms with van der Waals surface area (Å²) in [6, 6.07) is -1.45. The van der Waals surface area contributed by atoms with E-state index < -0.39 is 35.0 Å². The van der Waals surface area contributed by atoms with Gasteiger partial charge in [0.25, 0.3) is 0 Å². The highest BCUT2D eigenvalue weighted by atomic mass is 16.2. The summed E-state index contributed by atoms with van der Waals surface area (Å²) in [5.41, 5.74) is -2.44. The lowest BCUT2D eigenvalue weighted by Gasteiger charge is -2.35. The molecule has 1 heterocycles. The van der Waals surface area contributed by atoms with Crippen LogP contribution >= 0.6 is 0 Å². The van der Waals surface area contributed by atoms with Crippen LogP contribution in [0.5, 0.6) is 0 Å². The topological polar surface area (TPSA) is 137 Å². The van der Waals surface area contributed by atoms with Crippen molar-refractivity contribution in [3.05, 3.63) is 0 Å². The average molecular weight is 468 g/mol. The molecule has 0 radical (unpaired) electrons. The monoisotopic (exact) mass is 467 g/mol. The van der Waals surface area contributed by atoms with E-state index in [0.717, 1.165) is 0 Å². The van der Waals surface area contributed by atoms with Crippen LogP contribution in [0.15, 0.2) is 0 Å². The molecule has 0 spiro atoms. The van der Waals surface area contributed by atoms with Gasteiger partial charge in [-0.15, -0.1) is 0 Å². The molecule has 4 N–H and O–H groups in total. The number of nitrogens with one attached hydrogen (secondary N) is 4. The highest BCUT2D eigenvalue weighted by molar-refractivity contribution is 5.98. The maximum Gasteiger partial charge on any atom is 0.248 e. The largest absolute Gasteiger partial charge is 0.357 e. The summed E-state index contributed by atoms with van der Waals surface area (Å²) in [6.07, 6.45) is 1.97. The van der Waals surface area contributed by atoms with E-state index in [0.29, 0.717) is 32.2 Å². The molecule has 1 aliphatic rings. The van der Waals surface area contributed by atoms with E-state index in [1.807, 2.05) is 13.8 Å². The van der Waals surface area contributed by atoms with Gasteiger partial charge in [-0.2, -0.15) is 0 Å². The predicted octanol–water partition coefficient (Wildman–Crippen LogP) is 0.454. The number of hydrogen-bond acceptors (Lipinski definition) is 5. The van der Waals surface area contributed by atoms with Gasteiger partial charge in [0.2, 0.25) is 29.5 Å². The third-order valence-electron chi connectivity index (χ3n) is 6.02. The van der Waals surface area contributed by atoms with Gasteiger partial charge in [-0.3, -0.25) is 24.0 Å². The van der Waals surface area contributed by atoms with Gasteiger partial charge in [0, 0.05) is 20.5 Å². The molecule has 5 amide bonds. The summed E-state index contributed by atoms with van der Waals surface area (Å²) in [5.74, 6) is -1.80. The van der Waals surface area contributed by atoms with Crippen molar-refractivity contribution in [3.8, 4) is 0 Å². The Balaban J connectivity index is 3.02. The molecule has 1 rings (SSSR count). The molecular weight excluding hydrogens is 426 g/mol. The number of hydrogen-bond donors (Lipinski definition) is 4. The molecule has 0 aromatic rings. The van der Waals surface area contributed by atoms with Gasteiger partial charge >= 0.3 is 0 Å². The lowest BCUT2D eigenvalue weighted by Crippen LogP contribution is -2.63. The van der Waals surface area contributed by atoms with E-state index in [2.05, 4.69) is 21.3 Å². The van der Waals surface area contributed by atoms with Gasteiger partial charge in [0.05, 0.1) is 0 Å². The van der Waals surface area contributed by atoms with E-state index in [-0.39, 0.29) is 23.6 Å². The minimum absolute atomic E-state index is 0.0877. The molecule has 33 heavy (non-hydrogen) atoms. The van der Waals surface area contributed by atoms with E-state index in [1.54, 1.807) is 27.7 Å². The first kappa shape index (κ1) is 28.4. The Morgan fingerprint density at radius 3 is 2.15 bits per heavy atom. The van der Waals surface area contributed by atoms with Crippen molar-refractivity contribution in [3.63, 3.8) is 0 Å². The van der Waals surface area contributed by atoms with E-state index >= 15 is 0 Å². The van der Waals surface area contributed by atoms with Gasteiger partial charge < -0.3 is 26.2 Å².